The maximum absolute atomic E-state index is 12.6. The second-order valence-electron chi connectivity index (χ2n) is 6.22. The third-order valence-electron chi connectivity index (χ3n) is 4.28. The Labute approximate surface area is 168 Å². The van der Waals surface area contributed by atoms with E-state index in [9.17, 15) is 19.2 Å². The highest BCUT2D eigenvalue weighted by Gasteiger charge is 2.39. The van der Waals surface area contributed by atoms with Crippen molar-refractivity contribution in [2.45, 2.75) is 6.92 Å². The lowest BCUT2D eigenvalue weighted by Gasteiger charge is -2.14. The average molecular weight is 410 g/mol. The number of aryl methyl sites for hydroxylation is 1. The van der Waals surface area contributed by atoms with Gasteiger partial charge < -0.3 is 4.84 Å². The quantitative estimate of drug-likeness (QED) is 0.616. The van der Waals surface area contributed by atoms with Crippen molar-refractivity contribution < 1.29 is 19.2 Å². The van der Waals surface area contributed by atoms with Gasteiger partial charge in [-0.15, -0.1) is 0 Å². The number of amides is 2. The van der Waals surface area contributed by atoms with Gasteiger partial charge in [0, 0.05) is 16.8 Å². The number of hydrogen-bond donors (Lipinski definition) is 0. The third kappa shape index (κ3) is 3.19. The lowest BCUT2D eigenvalue weighted by molar-refractivity contribution is -0.0590. The smallest absolute Gasteiger partial charge is 0.322 e. The maximum Gasteiger partial charge on any atom is 0.388 e. The molecule has 9 heteroatoms. The number of carbonyl (C=O) groups is 3. The predicted octanol–water partition coefficient (Wildman–Crippen LogP) is 2.56. The van der Waals surface area contributed by atoms with Gasteiger partial charge in [0.1, 0.15) is 0 Å². The van der Waals surface area contributed by atoms with Gasteiger partial charge in [0.2, 0.25) is 11.1 Å². The molecule has 2 heterocycles. The number of nitrogens with zero attached hydrogens (tertiary/aromatic N) is 3. The van der Waals surface area contributed by atoms with Crippen molar-refractivity contribution >= 4 is 29.4 Å². The molecule has 0 N–H and O–H groups in total. The van der Waals surface area contributed by atoms with Gasteiger partial charge in [-0.25, -0.2) is 9.48 Å². The normalized spacial score (nSPS) is 12.8. The monoisotopic (exact) mass is 409 g/mol. The molecule has 0 fully saturated rings. The first kappa shape index (κ1) is 18.6. The summed E-state index contributed by atoms with van der Waals surface area (Å²) in [5.74, 6) is -2.80. The molecule has 1 aromatic heterocycles. The summed E-state index contributed by atoms with van der Waals surface area (Å²) in [5.41, 5.74) is -0.0918. The van der Waals surface area contributed by atoms with Crippen LogP contribution in [-0.2, 0) is 4.84 Å². The fourth-order valence-electron chi connectivity index (χ4n) is 2.93. The minimum absolute atomic E-state index is 0.110. The van der Waals surface area contributed by atoms with Crippen LogP contribution in [0.4, 0.5) is 0 Å². The number of halogens is 1. The van der Waals surface area contributed by atoms with E-state index in [1.807, 2.05) is 0 Å². The van der Waals surface area contributed by atoms with Gasteiger partial charge in [0.05, 0.1) is 16.8 Å². The molecule has 4 rings (SSSR count). The molecule has 3 aromatic rings. The van der Waals surface area contributed by atoms with Crippen LogP contribution in [0.2, 0.25) is 5.02 Å². The van der Waals surface area contributed by atoms with E-state index in [0.717, 1.165) is 0 Å². The number of carbonyl (C=O) groups excluding carboxylic acids is 3. The molecule has 0 radical (unpaired) electrons. The summed E-state index contributed by atoms with van der Waals surface area (Å²) in [6.07, 6.45) is 0. The first-order valence-corrected chi connectivity index (χ1v) is 8.81. The van der Waals surface area contributed by atoms with E-state index < -0.39 is 28.9 Å². The molecular formula is C20H12ClN3O5. The number of aromatic nitrogens is 2. The van der Waals surface area contributed by atoms with Crippen LogP contribution >= 0.6 is 11.6 Å². The molecule has 0 saturated heterocycles. The topological polar surface area (TPSA) is 98.6 Å². The molecule has 0 atom stereocenters. The summed E-state index contributed by atoms with van der Waals surface area (Å²) in [7, 11) is 0. The van der Waals surface area contributed by atoms with Crippen LogP contribution in [0.3, 0.4) is 0 Å². The Morgan fingerprint density at radius 3 is 2.24 bits per heavy atom. The van der Waals surface area contributed by atoms with Crippen LogP contribution in [0.1, 0.15) is 36.9 Å². The molecule has 1 aliphatic heterocycles. The Hall–Kier alpha value is -3.78. The van der Waals surface area contributed by atoms with E-state index in [-0.39, 0.29) is 11.1 Å². The minimum Gasteiger partial charge on any atom is -0.322 e. The second kappa shape index (κ2) is 6.99. The van der Waals surface area contributed by atoms with Crippen molar-refractivity contribution in [3.63, 3.8) is 0 Å². The molecule has 2 aromatic carbocycles. The van der Waals surface area contributed by atoms with E-state index >= 15 is 0 Å². The molecule has 0 unspecified atom stereocenters. The lowest BCUT2D eigenvalue weighted by atomic mass is 10.1. The van der Waals surface area contributed by atoms with E-state index in [0.29, 0.717) is 21.5 Å². The zero-order valence-corrected chi connectivity index (χ0v) is 15.7. The molecule has 144 valence electrons. The summed E-state index contributed by atoms with van der Waals surface area (Å²) in [6, 6.07) is 13.9. The van der Waals surface area contributed by atoms with Gasteiger partial charge in [-0.05, 0) is 37.3 Å². The molecule has 0 saturated carbocycles. The number of benzene rings is 2. The fourth-order valence-corrected chi connectivity index (χ4v) is 3.12. The van der Waals surface area contributed by atoms with Gasteiger partial charge in [-0.3, -0.25) is 14.4 Å². The lowest BCUT2D eigenvalue weighted by Crippen LogP contribution is -2.35. The number of hydroxylamine groups is 2. The Morgan fingerprint density at radius 2 is 1.62 bits per heavy atom. The Balaban J connectivity index is 1.68. The molecule has 2 amide bonds. The van der Waals surface area contributed by atoms with Gasteiger partial charge in [0.25, 0.3) is 11.8 Å². The van der Waals surface area contributed by atoms with Crippen LogP contribution in [0, 0.1) is 6.92 Å². The van der Waals surface area contributed by atoms with Crippen LogP contribution in [0.25, 0.3) is 5.69 Å². The van der Waals surface area contributed by atoms with E-state index in [1.54, 1.807) is 43.3 Å². The second-order valence-corrected chi connectivity index (χ2v) is 6.66. The summed E-state index contributed by atoms with van der Waals surface area (Å²) in [6.45, 7) is 1.63. The predicted molar refractivity (Wildman–Crippen MR) is 102 cm³/mol. The number of imide groups is 1. The Bertz CT molecular complexity index is 1220. The average Bonchev–Trinajstić information content (AvgIpc) is 2.93. The largest absolute Gasteiger partial charge is 0.388 e. The van der Waals surface area contributed by atoms with Crippen LogP contribution in [-0.4, -0.2) is 32.6 Å². The first-order chi connectivity index (χ1) is 13.9. The summed E-state index contributed by atoms with van der Waals surface area (Å²) < 4.78 is 1.34. The van der Waals surface area contributed by atoms with E-state index in [1.165, 1.54) is 22.9 Å². The zero-order chi connectivity index (χ0) is 20.7. The zero-order valence-electron chi connectivity index (χ0n) is 15.0. The van der Waals surface area contributed by atoms with Crippen LogP contribution in [0.5, 0.6) is 0 Å². The molecule has 0 aliphatic carbocycles. The SMILES string of the molecule is Cc1cc(=O)c(C(=O)ON2C(=O)c3ccccc3C2=O)nn1-c1cccc(Cl)c1. The van der Waals surface area contributed by atoms with Gasteiger partial charge >= 0.3 is 5.97 Å². The van der Waals surface area contributed by atoms with Gasteiger partial charge in [0.15, 0.2) is 0 Å². The standard InChI is InChI=1S/C20H12ClN3O5/c1-11-9-16(25)17(22-23(11)13-6-4-5-12(21)10-13)20(28)29-24-18(26)14-7-2-3-8-15(14)19(24)27/h2-10H,1H3. The highest BCUT2D eigenvalue weighted by molar-refractivity contribution is 6.30. The third-order valence-corrected chi connectivity index (χ3v) is 4.52. The van der Waals surface area contributed by atoms with Crippen molar-refractivity contribution in [3.05, 3.63) is 92.4 Å². The van der Waals surface area contributed by atoms with Gasteiger partial charge in [-0.2, -0.15) is 5.10 Å². The van der Waals surface area contributed by atoms with Gasteiger partial charge in [-0.1, -0.05) is 34.9 Å². The molecule has 29 heavy (non-hydrogen) atoms. The van der Waals surface area contributed by atoms with Crippen LogP contribution < -0.4 is 5.43 Å². The summed E-state index contributed by atoms with van der Waals surface area (Å²) >= 11 is 5.99. The van der Waals surface area contributed by atoms with Crippen LogP contribution in [0.15, 0.2) is 59.4 Å². The van der Waals surface area contributed by atoms with Crippen molar-refractivity contribution in [3.8, 4) is 5.69 Å². The minimum atomic E-state index is -1.22. The Morgan fingerprint density at radius 1 is 0.966 bits per heavy atom. The molecule has 0 spiro atoms. The fraction of sp³-hybridized carbons (Fsp3) is 0.0500. The Kier molecular flexibility index (Phi) is 4.48. The first-order valence-electron chi connectivity index (χ1n) is 8.44. The highest BCUT2D eigenvalue weighted by atomic mass is 35.5. The van der Waals surface area contributed by atoms with Crippen molar-refractivity contribution in [2.24, 2.45) is 0 Å². The molecular weight excluding hydrogens is 398 g/mol. The van der Waals surface area contributed by atoms with Crippen molar-refractivity contribution in [1.29, 1.82) is 0 Å². The highest BCUT2D eigenvalue weighted by Crippen LogP contribution is 2.23. The number of rotatable bonds is 3. The van der Waals surface area contributed by atoms with Crippen molar-refractivity contribution in [2.75, 3.05) is 0 Å². The van der Waals surface area contributed by atoms with E-state index in [2.05, 4.69) is 5.10 Å². The number of fused-ring (bicyclic) bond motifs is 1. The summed E-state index contributed by atoms with van der Waals surface area (Å²) in [4.78, 5) is 54.5. The van der Waals surface area contributed by atoms with E-state index in [4.69, 9.17) is 16.4 Å². The molecule has 8 nitrogen and oxygen atoms in total. The maximum atomic E-state index is 12.6. The van der Waals surface area contributed by atoms with Crippen molar-refractivity contribution in [1.82, 2.24) is 14.8 Å². The summed E-state index contributed by atoms with van der Waals surface area (Å²) in [5, 5.41) is 4.82. The molecule has 0 bridgehead atoms. The molecule has 1 aliphatic rings. The number of hydrogen-bond acceptors (Lipinski definition) is 6.